The van der Waals surface area contributed by atoms with Gasteiger partial charge in [-0.3, -0.25) is 4.79 Å². The van der Waals surface area contributed by atoms with Gasteiger partial charge in [-0.1, -0.05) is 37.1 Å². The van der Waals surface area contributed by atoms with Crippen molar-refractivity contribution in [2.75, 3.05) is 6.54 Å². The molecule has 21 heavy (non-hydrogen) atoms. The van der Waals surface area contributed by atoms with Crippen LogP contribution in [0.2, 0.25) is 0 Å². The predicted octanol–water partition coefficient (Wildman–Crippen LogP) is 3.08. The van der Waals surface area contributed by atoms with Gasteiger partial charge in [0.05, 0.1) is 5.69 Å². The van der Waals surface area contributed by atoms with Crippen molar-refractivity contribution in [3.63, 3.8) is 0 Å². The first-order chi connectivity index (χ1) is 9.79. The molecule has 1 heterocycles. The van der Waals surface area contributed by atoms with Gasteiger partial charge in [-0.05, 0) is 37.4 Å². The van der Waals surface area contributed by atoms with E-state index in [0.29, 0.717) is 0 Å². The molecule has 4 nitrogen and oxygen atoms in total. The molecule has 0 fully saturated rings. The topological polar surface area (TPSA) is 71.8 Å². The third-order valence-electron chi connectivity index (χ3n) is 3.35. The quantitative estimate of drug-likeness (QED) is 0.753. The largest absolute Gasteiger partial charge is 0.330 e. The Morgan fingerprint density at radius 3 is 2.29 bits per heavy atom. The lowest BCUT2D eigenvalue weighted by atomic mass is 10.0. The molecular weight excluding hydrogens is 330 g/mol. The molecule has 0 amide bonds. The van der Waals surface area contributed by atoms with E-state index >= 15 is 0 Å². The van der Waals surface area contributed by atoms with Crippen molar-refractivity contribution in [2.24, 2.45) is 5.73 Å². The van der Waals surface area contributed by atoms with E-state index in [1.54, 1.807) is 6.07 Å². The number of hydrogen-bond acceptors (Lipinski definition) is 3. The summed E-state index contributed by atoms with van der Waals surface area (Å²) in [7, 11) is 0. The van der Waals surface area contributed by atoms with Crippen molar-refractivity contribution in [1.29, 1.82) is 0 Å². The lowest BCUT2D eigenvalue weighted by Gasteiger charge is -2.04. The number of rotatable bonds is 7. The number of H-pyrrole nitrogens is 1. The maximum atomic E-state index is 11.0. The predicted molar refractivity (Wildman–Crippen MR) is 91.8 cm³/mol. The minimum atomic E-state index is -0.178. The Labute approximate surface area is 135 Å². The summed E-state index contributed by atoms with van der Waals surface area (Å²) >= 11 is 0. The zero-order valence-corrected chi connectivity index (χ0v) is 13.8. The fraction of sp³-hybridized carbons (Fsp3) is 0.375. The minimum Gasteiger partial charge on any atom is -0.330 e. The lowest BCUT2D eigenvalue weighted by Crippen LogP contribution is -2.05. The normalized spacial score (nSPS) is 10.1. The van der Waals surface area contributed by atoms with E-state index in [2.05, 4.69) is 34.5 Å². The summed E-state index contributed by atoms with van der Waals surface area (Å²) in [5, 5.41) is 6.48. The van der Waals surface area contributed by atoms with Crippen LogP contribution in [0.4, 0.5) is 0 Å². The summed E-state index contributed by atoms with van der Waals surface area (Å²) in [6.45, 7) is 0.793. The number of nitrogens with zero attached hydrogens (tertiary/aromatic N) is 1. The van der Waals surface area contributed by atoms with Crippen LogP contribution in [0.25, 0.3) is 11.3 Å². The summed E-state index contributed by atoms with van der Waals surface area (Å²) in [6.07, 6.45) is 5.88. The zero-order valence-electron chi connectivity index (χ0n) is 12.0. The van der Waals surface area contributed by atoms with Gasteiger partial charge in [0.2, 0.25) is 0 Å². The van der Waals surface area contributed by atoms with Crippen molar-refractivity contribution in [3.8, 4) is 11.3 Å². The molecule has 0 aliphatic carbocycles. The highest BCUT2D eigenvalue weighted by atomic mass is 79.9. The molecule has 0 saturated heterocycles. The van der Waals surface area contributed by atoms with E-state index in [1.165, 1.54) is 30.9 Å². The van der Waals surface area contributed by atoms with Crippen molar-refractivity contribution < 1.29 is 0 Å². The standard InChI is InChI=1S/C16H21N3O.BrH/c17-12-4-2-1-3-5-13-6-8-14(9-7-13)15-10-11-16(20)19-18-15;/h6-11H,1-5,12,17H2,(H,19,20);1H. The highest BCUT2D eigenvalue weighted by Crippen LogP contribution is 2.17. The second kappa shape index (κ2) is 9.47. The van der Waals surface area contributed by atoms with Gasteiger partial charge in [0.1, 0.15) is 0 Å². The van der Waals surface area contributed by atoms with Crippen LogP contribution < -0.4 is 11.3 Å². The third-order valence-corrected chi connectivity index (χ3v) is 3.35. The number of aromatic nitrogens is 2. The molecule has 0 spiro atoms. The Morgan fingerprint density at radius 1 is 0.952 bits per heavy atom. The molecule has 0 radical (unpaired) electrons. The minimum absolute atomic E-state index is 0. The lowest BCUT2D eigenvalue weighted by molar-refractivity contribution is 0.647. The van der Waals surface area contributed by atoms with Crippen LogP contribution in [-0.2, 0) is 6.42 Å². The van der Waals surface area contributed by atoms with Crippen LogP contribution in [0.5, 0.6) is 0 Å². The molecule has 0 unspecified atom stereocenters. The molecule has 0 bridgehead atoms. The second-order valence-corrected chi connectivity index (χ2v) is 4.96. The smallest absolute Gasteiger partial charge is 0.264 e. The Kier molecular flexibility index (Phi) is 7.93. The maximum absolute atomic E-state index is 11.0. The van der Waals surface area contributed by atoms with Gasteiger partial charge in [0, 0.05) is 11.6 Å². The molecule has 1 aromatic carbocycles. The van der Waals surface area contributed by atoms with Gasteiger partial charge in [-0.2, -0.15) is 5.10 Å². The molecule has 0 aliphatic heterocycles. The number of hydrogen-bond donors (Lipinski definition) is 2. The fourth-order valence-electron chi connectivity index (χ4n) is 2.17. The second-order valence-electron chi connectivity index (χ2n) is 4.96. The molecule has 0 aliphatic rings. The summed E-state index contributed by atoms with van der Waals surface area (Å²) in [5.74, 6) is 0. The monoisotopic (exact) mass is 351 g/mol. The summed E-state index contributed by atoms with van der Waals surface area (Å²) in [4.78, 5) is 11.0. The molecule has 0 saturated carbocycles. The van der Waals surface area contributed by atoms with Crippen LogP contribution >= 0.6 is 17.0 Å². The van der Waals surface area contributed by atoms with Crippen LogP contribution in [0.15, 0.2) is 41.2 Å². The number of nitrogens with one attached hydrogen (secondary N) is 1. The Balaban J connectivity index is 0.00000220. The first kappa shape index (κ1) is 17.6. The third kappa shape index (κ3) is 5.81. The van der Waals surface area contributed by atoms with E-state index in [9.17, 15) is 4.79 Å². The molecule has 1 aromatic heterocycles. The first-order valence-corrected chi connectivity index (χ1v) is 7.15. The van der Waals surface area contributed by atoms with Gasteiger partial charge in [0.25, 0.3) is 5.56 Å². The van der Waals surface area contributed by atoms with Crippen molar-refractivity contribution in [2.45, 2.75) is 32.1 Å². The Hall–Kier alpha value is -1.46. The Morgan fingerprint density at radius 2 is 1.67 bits per heavy atom. The SMILES string of the molecule is Br.NCCCCCCc1ccc(-c2ccc(=O)[nH]n2)cc1. The average molecular weight is 352 g/mol. The van der Waals surface area contributed by atoms with Crippen molar-refractivity contribution in [3.05, 3.63) is 52.3 Å². The molecule has 5 heteroatoms. The highest BCUT2D eigenvalue weighted by molar-refractivity contribution is 8.93. The van der Waals surface area contributed by atoms with Gasteiger partial charge >= 0.3 is 0 Å². The van der Waals surface area contributed by atoms with Gasteiger partial charge in [-0.25, -0.2) is 5.10 Å². The van der Waals surface area contributed by atoms with Crippen molar-refractivity contribution in [1.82, 2.24) is 10.2 Å². The Bertz CT molecular complexity index is 560. The van der Waals surface area contributed by atoms with Gasteiger partial charge in [0.15, 0.2) is 0 Å². The molecule has 2 aromatic rings. The summed E-state index contributed by atoms with van der Waals surface area (Å²) < 4.78 is 0. The summed E-state index contributed by atoms with van der Waals surface area (Å²) in [5.41, 5.74) is 8.45. The summed E-state index contributed by atoms with van der Waals surface area (Å²) in [6, 6.07) is 11.6. The number of nitrogens with two attached hydrogens (primary N) is 1. The first-order valence-electron chi connectivity index (χ1n) is 7.15. The van der Waals surface area contributed by atoms with Crippen LogP contribution in [0.3, 0.4) is 0 Å². The van der Waals surface area contributed by atoms with E-state index in [4.69, 9.17) is 5.73 Å². The number of unbranched alkanes of at least 4 members (excludes halogenated alkanes) is 3. The number of aryl methyl sites for hydroxylation is 1. The van der Waals surface area contributed by atoms with E-state index < -0.39 is 0 Å². The van der Waals surface area contributed by atoms with Gasteiger partial charge < -0.3 is 5.73 Å². The number of benzene rings is 1. The van der Waals surface area contributed by atoms with Crippen molar-refractivity contribution >= 4 is 17.0 Å². The van der Waals surface area contributed by atoms with Crippen LogP contribution in [0, 0.1) is 0 Å². The molecule has 3 N–H and O–H groups in total. The van der Waals surface area contributed by atoms with E-state index in [-0.39, 0.29) is 22.5 Å². The highest BCUT2D eigenvalue weighted by Gasteiger charge is 2.00. The molecule has 114 valence electrons. The molecule has 0 atom stereocenters. The van der Waals surface area contributed by atoms with Gasteiger partial charge in [-0.15, -0.1) is 17.0 Å². The molecule has 2 rings (SSSR count). The zero-order chi connectivity index (χ0) is 14.2. The maximum Gasteiger partial charge on any atom is 0.264 e. The van der Waals surface area contributed by atoms with Crippen LogP contribution in [-0.4, -0.2) is 16.7 Å². The van der Waals surface area contributed by atoms with Crippen LogP contribution in [0.1, 0.15) is 31.2 Å². The fourth-order valence-corrected chi connectivity index (χ4v) is 2.17. The molecular formula is C16H22BrN3O. The van der Waals surface area contributed by atoms with E-state index in [1.807, 2.05) is 0 Å². The number of halogens is 1. The number of aromatic amines is 1. The van der Waals surface area contributed by atoms with E-state index in [0.717, 1.165) is 30.6 Å². The average Bonchev–Trinajstić information content (AvgIpc) is 2.49.